The molecule has 3 N–H and O–H groups in total. The number of carboxylic acid groups (broad SMARTS) is 1. The van der Waals surface area contributed by atoms with E-state index in [-0.39, 0.29) is 30.4 Å². The van der Waals surface area contributed by atoms with Crippen LogP contribution in [0.3, 0.4) is 0 Å². The number of para-hydroxylation sites is 2. The number of benzene rings is 2. The van der Waals surface area contributed by atoms with Crippen molar-refractivity contribution in [2.75, 3.05) is 23.1 Å². The summed E-state index contributed by atoms with van der Waals surface area (Å²) in [7, 11) is -3.86. The van der Waals surface area contributed by atoms with Crippen molar-refractivity contribution in [3.05, 3.63) is 66.4 Å². The molecular formula is C34H46N4O6S. The van der Waals surface area contributed by atoms with E-state index in [0.717, 1.165) is 53.0 Å². The van der Waals surface area contributed by atoms with Crippen molar-refractivity contribution in [1.29, 1.82) is 0 Å². The highest BCUT2D eigenvalue weighted by molar-refractivity contribution is 7.92. The van der Waals surface area contributed by atoms with Gasteiger partial charge in [0.05, 0.1) is 23.3 Å². The van der Waals surface area contributed by atoms with Crippen molar-refractivity contribution < 1.29 is 27.9 Å². The van der Waals surface area contributed by atoms with Crippen LogP contribution in [0.25, 0.3) is 10.9 Å². The first-order chi connectivity index (χ1) is 21.5. The van der Waals surface area contributed by atoms with E-state index in [0.29, 0.717) is 12.2 Å². The molecule has 45 heavy (non-hydrogen) atoms. The van der Waals surface area contributed by atoms with Gasteiger partial charge in [0.1, 0.15) is 6.04 Å². The van der Waals surface area contributed by atoms with Crippen molar-refractivity contribution in [3.63, 3.8) is 0 Å². The first kappa shape index (κ1) is 34.0. The van der Waals surface area contributed by atoms with Crippen LogP contribution in [0.2, 0.25) is 0 Å². The molecule has 1 aliphatic rings. The third-order valence-electron chi connectivity index (χ3n) is 8.53. The quantitative estimate of drug-likeness (QED) is 0.281. The van der Waals surface area contributed by atoms with Crippen LogP contribution in [0.5, 0.6) is 0 Å². The largest absolute Gasteiger partial charge is 0.481 e. The Morgan fingerprint density at radius 2 is 1.71 bits per heavy atom. The van der Waals surface area contributed by atoms with Gasteiger partial charge < -0.3 is 20.3 Å². The number of sulfonamides is 1. The molecule has 2 bridgehead atoms. The van der Waals surface area contributed by atoms with Crippen molar-refractivity contribution in [3.8, 4) is 0 Å². The highest BCUT2D eigenvalue weighted by Crippen LogP contribution is 2.28. The molecule has 2 heterocycles. The number of aromatic nitrogens is 1. The van der Waals surface area contributed by atoms with Gasteiger partial charge in [0.25, 0.3) is 0 Å². The fourth-order valence-electron chi connectivity index (χ4n) is 6.12. The van der Waals surface area contributed by atoms with Gasteiger partial charge >= 0.3 is 5.97 Å². The van der Waals surface area contributed by atoms with Gasteiger partial charge in [-0.15, -0.1) is 0 Å². The maximum absolute atomic E-state index is 14.1. The fourth-order valence-corrected chi connectivity index (χ4v) is 7.26. The highest BCUT2D eigenvalue weighted by Gasteiger charge is 2.39. The second-order valence-corrected chi connectivity index (χ2v) is 14.5. The predicted molar refractivity (Wildman–Crippen MR) is 176 cm³/mol. The summed E-state index contributed by atoms with van der Waals surface area (Å²) in [6.07, 6.45) is 6.34. The van der Waals surface area contributed by atoms with E-state index in [9.17, 15) is 27.9 Å². The molecule has 0 saturated carbocycles. The van der Waals surface area contributed by atoms with Crippen LogP contribution in [0.4, 0.5) is 5.69 Å². The topological polar surface area (TPSA) is 138 Å². The smallest absolute Gasteiger partial charge is 0.309 e. The summed E-state index contributed by atoms with van der Waals surface area (Å²) >= 11 is 0. The van der Waals surface area contributed by atoms with Crippen LogP contribution in [0.1, 0.15) is 58.4 Å². The monoisotopic (exact) mass is 638 g/mol. The van der Waals surface area contributed by atoms with Gasteiger partial charge in [0.15, 0.2) is 0 Å². The molecular weight excluding hydrogens is 592 g/mol. The number of aryl methyl sites for hydroxylation is 1. The molecule has 1 unspecified atom stereocenters. The fraction of sp³-hybridized carbons (Fsp3) is 0.500. The van der Waals surface area contributed by atoms with Gasteiger partial charge in [0.2, 0.25) is 21.8 Å². The van der Waals surface area contributed by atoms with Gasteiger partial charge in [-0.3, -0.25) is 18.7 Å². The molecule has 2 amide bonds. The minimum Gasteiger partial charge on any atom is -0.481 e. The number of hydrogen-bond acceptors (Lipinski definition) is 5. The van der Waals surface area contributed by atoms with Crippen molar-refractivity contribution in [1.82, 2.24) is 15.2 Å². The predicted octanol–water partition coefficient (Wildman–Crippen LogP) is 4.58. The van der Waals surface area contributed by atoms with E-state index < -0.39 is 46.3 Å². The first-order valence-electron chi connectivity index (χ1n) is 15.9. The van der Waals surface area contributed by atoms with Crippen LogP contribution in [0, 0.1) is 17.8 Å². The number of aliphatic carboxylic acids is 1. The zero-order valence-electron chi connectivity index (χ0n) is 26.4. The van der Waals surface area contributed by atoms with Crippen molar-refractivity contribution in [2.45, 2.75) is 71.9 Å². The lowest BCUT2D eigenvalue weighted by Crippen LogP contribution is -2.52. The summed E-state index contributed by atoms with van der Waals surface area (Å²) in [4.78, 5) is 40.5. The number of anilines is 1. The minimum absolute atomic E-state index is 0.0672. The number of nitrogens with one attached hydrogen (secondary N) is 2. The molecule has 0 saturated heterocycles. The number of nitrogens with zero attached hydrogens (tertiary/aromatic N) is 2. The average Bonchev–Trinajstić information content (AvgIpc) is 3.36. The molecule has 10 nitrogen and oxygen atoms in total. The van der Waals surface area contributed by atoms with E-state index in [2.05, 4.69) is 21.3 Å². The molecule has 3 aromatic rings. The second kappa shape index (κ2) is 15.4. The molecule has 0 aliphatic carbocycles. The molecule has 0 radical (unpaired) electrons. The summed E-state index contributed by atoms with van der Waals surface area (Å²) in [5.41, 5.74) is 2.32. The average molecular weight is 639 g/mol. The van der Waals surface area contributed by atoms with E-state index >= 15 is 0 Å². The number of carbonyl (C=O) groups is 3. The van der Waals surface area contributed by atoms with Gasteiger partial charge in [-0.2, -0.15) is 0 Å². The first-order valence-corrected chi connectivity index (χ1v) is 17.6. The Morgan fingerprint density at radius 3 is 2.40 bits per heavy atom. The number of hydrogen-bond donors (Lipinski definition) is 3. The van der Waals surface area contributed by atoms with Crippen LogP contribution >= 0.6 is 0 Å². The summed E-state index contributed by atoms with van der Waals surface area (Å²) < 4.78 is 29.7. The maximum atomic E-state index is 14.1. The molecule has 1 aromatic heterocycles. The summed E-state index contributed by atoms with van der Waals surface area (Å²) in [6.45, 7) is 6.20. The maximum Gasteiger partial charge on any atom is 0.309 e. The van der Waals surface area contributed by atoms with Gasteiger partial charge in [0, 0.05) is 43.2 Å². The van der Waals surface area contributed by atoms with E-state index in [4.69, 9.17) is 0 Å². The number of fused-ring (bicyclic) bond motifs is 5. The summed E-state index contributed by atoms with van der Waals surface area (Å²) in [5, 5.41) is 17.3. The Balaban J connectivity index is 1.68. The summed E-state index contributed by atoms with van der Waals surface area (Å²) in [6, 6.07) is 15.4. The van der Waals surface area contributed by atoms with E-state index in [1.165, 1.54) is 6.92 Å². The molecule has 244 valence electrons. The Morgan fingerprint density at radius 1 is 1.02 bits per heavy atom. The Bertz CT molecular complexity index is 1570. The van der Waals surface area contributed by atoms with Crippen LogP contribution in [-0.2, 0) is 37.4 Å². The standard InChI is InChI=1S/C34H46N4O6S/c1-4-45(43,44)38(26-14-8-7-9-15-26)23-29(34(41)42)28(20-24(2)3)32(39)36-30-21-25-22-37(31-17-11-10-16-27(25)31)19-13-6-5-12-18-35-33(30)40/h7-11,14-17,22,24,28-30H,4-6,12-13,18-21,23H2,1-3H3,(H,35,40)(H,36,39)(H,41,42)/t28-,29?,30+/m1/s1. The number of rotatable bonds is 11. The molecule has 4 rings (SSSR count). The zero-order chi connectivity index (χ0) is 32.6. The van der Waals surface area contributed by atoms with E-state index in [1.54, 1.807) is 30.3 Å². The number of carbonyl (C=O) groups excluding carboxylic acids is 2. The Labute approximate surface area is 266 Å². The van der Waals surface area contributed by atoms with Gasteiger partial charge in [-0.05, 0) is 55.9 Å². The third kappa shape index (κ3) is 8.65. The minimum atomic E-state index is -3.86. The second-order valence-electron chi connectivity index (χ2n) is 12.3. The molecule has 2 aromatic carbocycles. The SMILES string of the molecule is CCS(=O)(=O)N(CC(C(=O)O)[C@@H](CC(C)C)C(=O)N[C@H]1Cc2cn(c3ccccc23)CCCCCCNC1=O)c1ccccc1. The van der Waals surface area contributed by atoms with Crippen LogP contribution in [-0.4, -0.2) is 60.8 Å². The lowest BCUT2D eigenvalue weighted by Gasteiger charge is -2.32. The Hall–Kier alpha value is -3.86. The third-order valence-corrected chi connectivity index (χ3v) is 10.3. The molecule has 11 heteroatoms. The van der Waals surface area contributed by atoms with E-state index in [1.807, 2.05) is 38.2 Å². The molecule has 3 atom stereocenters. The molecule has 1 aliphatic heterocycles. The van der Waals surface area contributed by atoms with Crippen molar-refractivity contribution in [2.24, 2.45) is 17.8 Å². The molecule has 0 spiro atoms. The van der Waals surface area contributed by atoms with Crippen LogP contribution < -0.4 is 14.9 Å². The summed E-state index contributed by atoms with van der Waals surface area (Å²) in [5.74, 6) is -4.91. The Kier molecular flexibility index (Phi) is 11.7. The molecule has 0 fully saturated rings. The number of carboxylic acids is 1. The normalized spacial score (nSPS) is 17.8. The van der Waals surface area contributed by atoms with Crippen LogP contribution in [0.15, 0.2) is 60.8 Å². The number of amides is 2. The lowest BCUT2D eigenvalue weighted by molar-refractivity contribution is -0.147. The highest BCUT2D eigenvalue weighted by atomic mass is 32.2. The van der Waals surface area contributed by atoms with Crippen molar-refractivity contribution >= 4 is 44.4 Å². The lowest BCUT2D eigenvalue weighted by atomic mass is 9.84. The zero-order valence-corrected chi connectivity index (χ0v) is 27.3. The van der Waals surface area contributed by atoms with Gasteiger partial charge in [-0.25, -0.2) is 8.42 Å². The van der Waals surface area contributed by atoms with Gasteiger partial charge in [-0.1, -0.05) is 63.1 Å².